The minimum absolute atomic E-state index is 0.0211. The van der Waals surface area contributed by atoms with Crippen LogP contribution in [0.25, 0.3) is 11.1 Å². The van der Waals surface area contributed by atoms with E-state index in [-0.39, 0.29) is 11.0 Å². The summed E-state index contributed by atoms with van der Waals surface area (Å²) >= 11 is 0. The molecule has 0 spiro atoms. The fourth-order valence-corrected chi connectivity index (χ4v) is 2.28. The van der Waals surface area contributed by atoms with Gasteiger partial charge in [-0.05, 0) is 41.2 Å². The molecule has 0 bridgehead atoms. The Labute approximate surface area is 124 Å². The first kappa shape index (κ1) is 15.2. The largest absolute Gasteiger partial charge is 0.366 e. The molecule has 3 heteroatoms. The van der Waals surface area contributed by atoms with Crippen molar-refractivity contribution in [2.24, 2.45) is 5.73 Å². The third-order valence-corrected chi connectivity index (χ3v) is 3.51. The van der Waals surface area contributed by atoms with E-state index in [4.69, 9.17) is 5.73 Å². The molecule has 21 heavy (non-hydrogen) atoms. The first-order chi connectivity index (χ1) is 9.68. The average molecular weight is 285 g/mol. The number of hydrogen-bond donors (Lipinski definition) is 1. The molecule has 110 valence electrons. The average Bonchev–Trinajstić information content (AvgIpc) is 2.37. The summed E-state index contributed by atoms with van der Waals surface area (Å²) < 4.78 is 13.6. The molecule has 0 saturated carbocycles. The first-order valence-corrected chi connectivity index (χ1v) is 6.90. The molecule has 0 heterocycles. The number of amides is 1. The van der Waals surface area contributed by atoms with Crippen LogP contribution in [0.5, 0.6) is 0 Å². The third kappa shape index (κ3) is 3.30. The van der Waals surface area contributed by atoms with E-state index in [1.54, 1.807) is 6.07 Å². The Morgan fingerprint density at radius 3 is 2.29 bits per heavy atom. The quantitative estimate of drug-likeness (QED) is 0.883. The number of carbonyl (C=O) groups is 1. The third-order valence-electron chi connectivity index (χ3n) is 3.51. The molecule has 0 atom stereocenters. The zero-order valence-electron chi connectivity index (χ0n) is 12.8. The van der Waals surface area contributed by atoms with Crippen molar-refractivity contribution in [1.82, 2.24) is 0 Å². The van der Waals surface area contributed by atoms with Gasteiger partial charge in [0.1, 0.15) is 5.82 Å². The summed E-state index contributed by atoms with van der Waals surface area (Å²) in [6, 6.07) is 10.7. The van der Waals surface area contributed by atoms with Crippen molar-refractivity contribution in [2.45, 2.75) is 33.1 Å². The maximum absolute atomic E-state index is 13.6. The fraction of sp³-hybridized carbons (Fsp3) is 0.278. The highest BCUT2D eigenvalue weighted by Gasteiger charge is 2.16. The van der Waals surface area contributed by atoms with Gasteiger partial charge in [-0.15, -0.1) is 0 Å². The van der Waals surface area contributed by atoms with Crippen LogP contribution in [0, 0.1) is 12.7 Å². The molecule has 0 aliphatic heterocycles. The Kier molecular flexibility index (Phi) is 3.86. The Morgan fingerprint density at radius 2 is 1.71 bits per heavy atom. The monoisotopic (exact) mass is 285 g/mol. The number of rotatable bonds is 2. The number of aryl methyl sites for hydroxylation is 1. The van der Waals surface area contributed by atoms with E-state index in [2.05, 4.69) is 32.9 Å². The Balaban J connectivity index is 2.59. The summed E-state index contributed by atoms with van der Waals surface area (Å²) in [5.41, 5.74) is 9.23. The predicted octanol–water partition coefficient (Wildman–Crippen LogP) is 4.20. The van der Waals surface area contributed by atoms with E-state index >= 15 is 0 Å². The van der Waals surface area contributed by atoms with Gasteiger partial charge in [0.15, 0.2) is 0 Å². The van der Waals surface area contributed by atoms with E-state index in [0.29, 0.717) is 0 Å². The molecular weight excluding hydrogens is 265 g/mol. The van der Waals surface area contributed by atoms with Crippen molar-refractivity contribution >= 4 is 5.91 Å². The molecule has 0 unspecified atom stereocenters. The van der Waals surface area contributed by atoms with E-state index < -0.39 is 11.7 Å². The van der Waals surface area contributed by atoms with Crippen LogP contribution in [0.15, 0.2) is 36.4 Å². The Hall–Kier alpha value is -2.16. The van der Waals surface area contributed by atoms with E-state index in [1.165, 1.54) is 17.7 Å². The number of benzene rings is 2. The van der Waals surface area contributed by atoms with E-state index in [9.17, 15) is 9.18 Å². The second kappa shape index (κ2) is 5.32. The molecule has 0 saturated heterocycles. The second-order valence-corrected chi connectivity index (χ2v) is 6.40. The molecule has 0 radical (unpaired) electrons. The van der Waals surface area contributed by atoms with Crippen LogP contribution in [0.4, 0.5) is 4.39 Å². The lowest BCUT2D eigenvalue weighted by Gasteiger charge is -2.21. The van der Waals surface area contributed by atoms with Gasteiger partial charge in [-0.1, -0.05) is 50.6 Å². The van der Waals surface area contributed by atoms with Crippen LogP contribution in [0.1, 0.15) is 42.3 Å². The molecule has 0 aliphatic carbocycles. The Morgan fingerprint density at radius 1 is 1.05 bits per heavy atom. The molecule has 0 fully saturated rings. The van der Waals surface area contributed by atoms with Crippen molar-refractivity contribution in [3.63, 3.8) is 0 Å². The zero-order valence-corrected chi connectivity index (χ0v) is 12.8. The number of halogens is 1. The molecule has 2 aromatic carbocycles. The molecule has 0 aliphatic rings. The Bertz CT molecular complexity index is 699. The molecule has 2 N–H and O–H groups in total. The van der Waals surface area contributed by atoms with Crippen molar-refractivity contribution in [2.75, 3.05) is 0 Å². The normalized spacial score (nSPS) is 11.5. The van der Waals surface area contributed by atoms with Gasteiger partial charge in [-0.25, -0.2) is 4.39 Å². The van der Waals surface area contributed by atoms with Gasteiger partial charge < -0.3 is 5.73 Å². The van der Waals surface area contributed by atoms with Crippen LogP contribution in [0.2, 0.25) is 0 Å². The summed E-state index contributed by atoms with van der Waals surface area (Å²) in [5.74, 6) is -1.34. The topological polar surface area (TPSA) is 43.1 Å². The predicted molar refractivity (Wildman–Crippen MR) is 83.8 cm³/mol. The zero-order chi connectivity index (χ0) is 15.8. The van der Waals surface area contributed by atoms with Crippen molar-refractivity contribution in [3.8, 4) is 11.1 Å². The van der Waals surface area contributed by atoms with Gasteiger partial charge in [0.05, 0.1) is 5.56 Å². The fourth-order valence-electron chi connectivity index (χ4n) is 2.28. The van der Waals surface area contributed by atoms with E-state index in [1.807, 2.05) is 13.0 Å². The SMILES string of the molecule is Cc1cc(-c2ccc(F)c(C(N)=O)c2)cc(C(C)(C)C)c1. The number of primary amides is 1. The highest BCUT2D eigenvalue weighted by molar-refractivity contribution is 5.94. The standard InChI is InChI=1S/C18H20FNO/c1-11-7-13(9-14(8-11)18(2,3)4)12-5-6-16(19)15(10-12)17(20)21/h5-10H,1-4H3,(H2,20,21). The van der Waals surface area contributed by atoms with Gasteiger partial charge in [-0.3, -0.25) is 4.79 Å². The number of carbonyl (C=O) groups excluding carboxylic acids is 1. The van der Waals surface area contributed by atoms with Crippen LogP contribution in [-0.4, -0.2) is 5.91 Å². The summed E-state index contributed by atoms with van der Waals surface area (Å²) in [5, 5.41) is 0. The summed E-state index contributed by atoms with van der Waals surface area (Å²) in [6.45, 7) is 8.46. The highest BCUT2D eigenvalue weighted by atomic mass is 19.1. The minimum atomic E-state index is -0.752. The summed E-state index contributed by atoms with van der Waals surface area (Å²) in [4.78, 5) is 11.3. The van der Waals surface area contributed by atoms with Gasteiger partial charge in [-0.2, -0.15) is 0 Å². The minimum Gasteiger partial charge on any atom is -0.366 e. The maximum atomic E-state index is 13.6. The van der Waals surface area contributed by atoms with Gasteiger partial charge in [0.2, 0.25) is 0 Å². The summed E-state index contributed by atoms with van der Waals surface area (Å²) in [7, 11) is 0. The van der Waals surface area contributed by atoms with Crippen molar-refractivity contribution in [1.29, 1.82) is 0 Å². The lowest BCUT2D eigenvalue weighted by atomic mass is 9.84. The van der Waals surface area contributed by atoms with Crippen LogP contribution in [-0.2, 0) is 5.41 Å². The molecular formula is C18H20FNO. The maximum Gasteiger partial charge on any atom is 0.251 e. The number of hydrogen-bond acceptors (Lipinski definition) is 1. The lowest BCUT2D eigenvalue weighted by molar-refractivity contribution is 0.0996. The highest BCUT2D eigenvalue weighted by Crippen LogP contribution is 2.30. The van der Waals surface area contributed by atoms with Crippen LogP contribution < -0.4 is 5.73 Å². The molecule has 1 amide bonds. The molecule has 2 rings (SSSR count). The summed E-state index contributed by atoms with van der Waals surface area (Å²) in [6.07, 6.45) is 0. The van der Waals surface area contributed by atoms with Gasteiger partial charge >= 0.3 is 0 Å². The van der Waals surface area contributed by atoms with Crippen LogP contribution in [0.3, 0.4) is 0 Å². The van der Waals surface area contributed by atoms with Crippen LogP contribution >= 0.6 is 0 Å². The lowest BCUT2D eigenvalue weighted by Crippen LogP contribution is -2.13. The molecule has 2 nitrogen and oxygen atoms in total. The van der Waals surface area contributed by atoms with Gasteiger partial charge in [0, 0.05) is 0 Å². The first-order valence-electron chi connectivity index (χ1n) is 6.90. The molecule has 0 aromatic heterocycles. The van der Waals surface area contributed by atoms with Crippen molar-refractivity contribution < 1.29 is 9.18 Å². The van der Waals surface area contributed by atoms with E-state index in [0.717, 1.165) is 16.7 Å². The van der Waals surface area contributed by atoms with Gasteiger partial charge in [0.25, 0.3) is 5.91 Å². The molecule has 2 aromatic rings. The van der Waals surface area contributed by atoms with Crippen molar-refractivity contribution in [3.05, 3.63) is 58.9 Å². The smallest absolute Gasteiger partial charge is 0.251 e. The number of nitrogens with two attached hydrogens (primary N) is 1. The second-order valence-electron chi connectivity index (χ2n) is 6.40.